The summed E-state index contributed by atoms with van der Waals surface area (Å²) in [4.78, 5) is 36.4. The van der Waals surface area contributed by atoms with Gasteiger partial charge in [-0.25, -0.2) is 0 Å². The number of aromatic nitrogens is 1. The third kappa shape index (κ3) is 4.50. The van der Waals surface area contributed by atoms with Crippen LogP contribution in [0.5, 0.6) is 0 Å². The topological polar surface area (TPSA) is 112 Å². The second-order valence-corrected chi connectivity index (χ2v) is 10.3. The zero-order valence-electron chi connectivity index (χ0n) is 18.4. The van der Waals surface area contributed by atoms with Gasteiger partial charge in [-0.2, -0.15) is 0 Å². The number of benzene rings is 3. The number of carbonyl (C=O) groups excluding carboxylic acids is 2. The molecule has 0 fully saturated rings. The Morgan fingerprint density at radius 1 is 1.03 bits per heavy atom. The molecule has 34 heavy (non-hydrogen) atoms. The third-order valence-electron chi connectivity index (χ3n) is 5.41. The summed E-state index contributed by atoms with van der Waals surface area (Å²) in [6.07, 6.45) is 0. The van der Waals surface area contributed by atoms with Crippen LogP contribution in [0.25, 0.3) is 22.0 Å². The summed E-state index contributed by atoms with van der Waals surface area (Å²) in [7, 11) is 1.82. The van der Waals surface area contributed by atoms with Gasteiger partial charge in [-0.3, -0.25) is 0 Å². The van der Waals surface area contributed by atoms with Gasteiger partial charge >= 0.3 is 202 Å². The van der Waals surface area contributed by atoms with Gasteiger partial charge in [0.2, 0.25) is 0 Å². The molecule has 1 atom stereocenters. The Morgan fingerprint density at radius 2 is 1.79 bits per heavy atom. The Kier molecular flexibility index (Phi) is 6.36. The van der Waals surface area contributed by atoms with E-state index in [-0.39, 0.29) is 21.6 Å². The first-order valence-corrected chi connectivity index (χ1v) is 12.4. The number of aryl methyl sites for hydroxylation is 1. The fourth-order valence-corrected chi connectivity index (χ4v) is 6.21. The summed E-state index contributed by atoms with van der Waals surface area (Å²) in [5.41, 5.74) is 4.11. The SMILES string of the molecule is CC(=O)Nc1cccc(-c2cccc3cc(C(=O)[AsH]c4ccc(C#N)cc4C(=O)O)n(C)c23)c1. The van der Waals surface area contributed by atoms with E-state index in [4.69, 9.17) is 5.26 Å². The molecule has 8 heteroatoms. The number of hydrogen-bond acceptors (Lipinski definition) is 4. The number of hydrogen-bond donors (Lipinski definition) is 2. The Labute approximate surface area is 202 Å². The molecule has 0 bridgehead atoms. The monoisotopic (exact) mass is 513 g/mol. The van der Waals surface area contributed by atoms with Crippen LogP contribution in [0.15, 0.2) is 66.7 Å². The number of nitrogens with one attached hydrogen (secondary N) is 1. The zero-order valence-corrected chi connectivity index (χ0v) is 20.5. The first-order chi connectivity index (χ1) is 16.3. The number of nitriles is 1. The van der Waals surface area contributed by atoms with Crippen molar-refractivity contribution in [2.45, 2.75) is 6.92 Å². The van der Waals surface area contributed by atoms with E-state index >= 15 is 0 Å². The summed E-state index contributed by atoms with van der Waals surface area (Å²) in [6.45, 7) is 1.45. The van der Waals surface area contributed by atoms with Crippen molar-refractivity contribution in [3.63, 3.8) is 0 Å². The summed E-state index contributed by atoms with van der Waals surface area (Å²) in [5.74, 6) is -1.31. The number of carboxylic acids is 1. The van der Waals surface area contributed by atoms with Crippen molar-refractivity contribution < 1.29 is 19.5 Å². The predicted octanol–water partition coefficient (Wildman–Crippen LogP) is 3.28. The van der Waals surface area contributed by atoms with Crippen LogP contribution in [-0.2, 0) is 11.8 Å². The minimum absolute atomic E-state index is 0.00152. The average molecular weight is 513 g/mol. The summed E-state index contributed by atoms with van der Waals surface area (Å²) < 4.78 is 2.21. The molecule has 4 rings (SSSR count). The quantitative estimate of drug-likeness (QED) is 0.385. The standard InChI is InChI=1S/C26H20AsN3O4/c1-15(31)29-19-7-3-5-17(12-19)20-8-4-6-18-13-23(30(2)24(18)20)25(32)27-22-10-9-16(14-28)11-21(22)26(33)34/h3-13,27H,1-2H3,(H,29,31)(H,33,34). The number of amides is 1. The molecule has 1 heterocycles. The molecule has 1 aromatic heterocycles. The number of rotatable bonds is 6. The van der Waals surface area contributed by atoms with Crippen LogP contribution >= 0.6 is 0 Å². The molecule has 2 N–H and O–H groups in total. The molecule has 0 aliphatic carbocycles. The van der Waals surface area contributed by atoms with Crippen molar-refractivity contribution in [3.05, 3.63) is 83.6 Å². The molecular weight excluding hydrogens is 493 g/mol. The maximum absolute atomic E-state index is 13.3. The van der Waals surface area contributed by atoms with E-state index in [1.165, 1.54) is 13.0 Å². The molecule has 0 saturated carbocycles. The minimum atomic E-state index is -1.49. The fourth-order valence-electron chi connectivity index (χ4n) is 3.92. The Morgan fingerprint density at radius 3 is 2.50 bits per heavy atom. The van der Waals surface area contributed by atoms with Crippen LogP contribution in [0.1, 0.15) is 33.3 Å². The first-order valence-electron chi connectivity index (χ1n) is 10.3. The first kappa shape index (κ1) is 23.0. The van der Waals surface area contributed by atoms with Crippen molar-refractivity contribution in [3.8, 4) is 17.2 Å². The predicted molar refractivity (Wildman–Crippen MR) is 132 cm³/mol. The molecule has 0 spiro atoms. The molecule has 4 aromatic rings. The van der Waals surface area contributed by atoms with E-state index in [0.717, 1.165) is 22.0 Å². The van der Waals surface area contributed by atoms with Crippen LogP contribution in [-0.4, -0.2) is 41.9 Å². The molecule has 0 radical (unpaired) electrons. The van der Waals surface area contributed by atoms with Gasteiger partial charge in [-0.05, 0) is 0 Å². The number of carboxylic acid groups (broad SMARTS) is 1. The van der Waals surface area contributed by atoms with Crippen LogP contribution in [0.4, 0.5) is 5.69 Å². The third-order valence-corrected chi connectivity index (χ3v) is 7.90. The Hall–Kier alpha value is -4.14. The summed E-state index contributed by atoms with van der Waals surface area (Å²) in [6, 6.07) is 21.5. The number of nitrogens with zero attached hydrogens (tertiary/aromatic N) is 2. The number of aromatic carboxylic acids is 1. The molecule has 7 nitrogen and oxygen atoms in total. The number of para-hydroxylation sites is 1. The van der Waals surface area contributed by atoms with E-state index in [1.54, 1.807) is 12.1 Å². The van der Waals surface area contributed by atoms with Gasteiger partial charge in [0.25, 0.3) is 0 Å². The number of carbonyl (C=O) groups is 3. The van der Waals surface area contributed by atoms with Crippen molar-refractivity contribution in [1.82, 2.24) is 4.57 Å². The zero-order chi connectivity index (χ0) is 24.4. The van der Waals surface area contributed by atoms with Crippen molar-refractivity contribution in [2.75, 3.05) is 5.32 Å². The van der Waals surface area contributed by atoms with Crippen LogP contribution < -0.4 is 9.67 Å². The number of anilines is 1. The summed E-state index contributed by atoms with van der Waals surface area (Å²) in [5, 5.41) is 22.3. The van der Waals surface area contributed by atoms with Crippen molar-refractivity contribution in [2.24, 2.45) is 7.05 Å². The second-order valence-electron chi connectivity index (χ2n) is 7.73. The van der Waals surface area contributed by atoms with Gasteiger partial charge in [-0.15, -0.1) is 0 Å². The van der Waals surface area contributed by atoms with Gasteiger partial charge in [0.15, 0.2) is 0 Å². The van der Waals surface area contributed by atoms with E-state index in [1.807, 2.05) is 66.2 Å². The van der Waals surface area contributed by atoms with Gasteiger partial charge in [0, 0.05) is 0 Å². The maximum atomic E-state index is 13.3. The van der Waals surface area contributed by atoms with Gasteiger partial charge < -0.3 is 0 Å². The van der Waals surface area contributed by atoms with E-state index < -0.39 is 21.7 Å². The van der Waals surface area contributed by atoms with Gasteiger partial charge in [0.05, 0.1) is 0 Å². The van der Waals surface area contributed by atoms with E-state index in [2.05, 4.69) is 5.32 Å². The van der Waals surface area contributed by atoms with Gasteiger partial charge in [-0.1, -0.05) is 0 Å². The van der Waals surface area contributed by atoms with E-state index in [9.17, 15) is 19.5 Å². The molecular formula is C26H20AsN3O4. The second kappa shape index (κ2) is 9.38. The van der Waals surface area contributed by atoms with Crippen LogP contribution in [0, 0.1) is 11.3 Å². The summed E-state index contributed by atoms with van der Waals surface area (Å²) >= 11 is -1.49. The molecule has 3 aromatic carbocycles. The van der Waals surface area contributed by atoms with Crippen molar-refractivity contribution in [1.29, 1.82) is 5.26 Å². The molecule has 0 aliphatic rings. The number of fused-ring (bicyclic) bond motifs is 1. The molecule has 1 amide bonds. The normalized spacial score (nSPS) is 11.0. The van der Waals surface area contributed by atoms with Crippen LogP contribution in [0.3, 0.4) is 0 Å². The average Bonchev–Trinajstić information content (AvgIpc) is 3.15. The van der Waals surface area contributed by atoms with Gasteiger partial charge in [0.1, 0.15) is 0 Å². The Balaban J connectivity index is 1.75. The van der Waals surface area contributed by atoms with E-state index in [0.29, 0.717) is 15.7 Å². The van der Waals surface area contributed by atoms with Crippen molar-refractivity contribution >= 4 is 53.1 Å². The molecule has 1 unspecified atom stereocenters. The molecule has 168 valence electrons. The molecule has 0 aliphatic heterocycles. The van der Waals surface area contributed by atoms with Crippen LogP contribution in [0.2, 0.25) is 0 Å². The molecule has 0 saturated heterocycles. The Bertz CT molecular complexity index is 1510. The fraction of sp³-hybridized carbons (Fsp3) is 0.0769.